The number of halogens is 2. The number of nitrogens with zero attached hydrogens (tertiary/aromatic N) is 2. The molecule has 2 aromatic carbocycles. The molecular formula is C19H18Cl2N2O4S2. The predicted molar refractivity (Wildman–Crippen MR) is 114 cm³/mol. The van der Waals surface area contributed by atoms with Gasteiger partial charge in [0, 0.05) is 6.26 Å². The molecule has 0 aliphatic carbocycles. The molecule has 3 rings (SSSR count). The lowest BCUT2D eigenvalue weighted by atomic mass is 10.1. The first kappa shape index (κ1) is 22.0. The summed E-state index contributed by atoms with van der Waals surface area (Å²) in [6.45, 7) is 3.65. The Morgan fingerprint density at radius 3 is 1.90 bits per heavy atom. The molecular weight excluding hydrogens is 455 g/mol. The van der Waals surface area contributed by atoms with Gasteiger partial charge in [-0.25, -0.2) is 26.8 Å². The summed E-state index contributed by atoms with van der Waals surface area (Å²) >= 11 is 12.1. The zero-order valence-corrected chi connectivity index (χ0v) is 19.0. The zero-order chi connectivity index (χ0) is 21.6. The molecule has 0 radical (unpaired) electrons. The molecule has 0 saturated carbocycles. The van der Waals surface area contributed by atoms with E-state index in [0.29, 0.717) is 27.3 Å². The van der Waals surface area contributed by atoms with Crippen LogP contribution in [0.3, 0.4) is 0 Å². The average molecular weight is 473 g/mol. The van der Waals surface area contributed by atoms with Crippen LogP contribution in [0.4, 0.5) is 0 Å². The Balaban J connectivity index is 2.09. The molecule has 0 amide bonds. The van der Waals surface area contributed by atoms with Crippen LogP contribution in [0.2, 0.25) is 10.0 Å². The third-order valence-electron chi connectivity index (χ3n) is 4.25. The van der Waals surface area contributed by atoms with Crippen LogP contribution < -0.4 is 0 Å². The van der Waals surface area contributed by atoms with Gasteiger partial charge in [0.2, 0.25) is 9.84 Å². The third kappa shape index (κ3) is 4.71. The standard InChI is InChI=1S/C19H18Cl2N2O4S2/c1-11(2)18-19(23-17-9-15(21)14(20)8-16(17)22-18)29(26,27)10-12-4-6-13(7-5-12)28(3,24)25/h4-9,11H,10H2,1-3H3. The van der Waals surface area contributed by atoms with E-state index in [1.807, 2.05) is 13.8 Å². The molecule has 0 unspecified atom stereocenters. The van der Waals surface area contributed by atoms with Crippen molar-refractivity contribution in [2.24, 2.45) is 0 Å². The monoisotopic (exact) mass is 472 g/mol. The van der Waals surface area contributed by atoms with Gasteiger partial charge in [-0.1, -0.05) is 49.2 Å². The molecule has 0 saturated heterocycles. The molecule has 6 nitrogen and oxygen atoms in total. The molecule has 0 bridgehead atoms. The van der Waals surface area contributed by atoms with Crippen LogP contribution in [0.25, 0.3) is 11.0 Å². The highest BCUT2D eigenvalue weighted by atomic mass is 35.5. The van der Waals surface area contributed by atoms with Crippen molar-refractivity contribution in [1.29, 1.82) is 0 Å². The van der Waals surface area contributed by atoms with Crippen molar-refractivity contribution in [3.05, 3.63) is 57.7 Å². The average Bonchev–Trinajstić information content (AvgIpc) is 2.61. The fraction of sp³-hybridized carbons (Fsp3) is 0.263. The molecule has 0 fully saturated rings. The molecule has 0 N–H and O–H groups in total. The van der Waals surface area contributed by atoms with E-state index < -0.39 is 19.7 Å². The lowest BCUT2D eigenvalue weighted by Gasteiger charge is -2.13. The van der Waals surface area contributed by atoms with Gasteiger partial charge < -0.3 is 0 Å². The van der Waals surface area contributed by atoms with Gasteiger partial charge in [0.05, 0.1) is 37.4 Å². The Labute approximate surface area is 179 Å². The van der Waals surface area contributed by atoms with E-state index >= 15 is 0 Å². The fourth-order valence-electron chi connectivity index (χ4n) is 2.77. The Morgan fingerprint density at radius 2 is 1.41 bits per heavy atom. The minimum Gasteiger partial charge on any atom is -0.248 e. The number of rotatable bonds is 5. The van der Waals surface area contributed by atoms with Gasteiger partial charge in [-0.3, -0.25) is 0 Å². The van der Waals surface area contributed by atoms with Crippen LogP contribution in [-0.2, 0) is 25.4 Å². The van der Waals surface area contributed by atoms with E-state index in [-0.39, 0.29) is 26.6 Å². The summed E-state index contributed by atoms with van der Waals surface area (Å²) in [5.41, 5.74) is 1.57. The minimum absolute atomic E-state index is 0.120. The van der Waals surface area contributed by atoms with Crippen molar-refractivity contribution < 1.29 is 16.8 Å². The molecule has 29 heavy (non-hydrogen) atoms. The summed E-state index contributed by atoms with van der Waals surface area (Å²) in [5.74, 6) is -0.531. The van der Waals surface area contributed by atoms with Gasteiger partial charge in [0.15, 0.2) is 14.9 Å². The molecule has 0 aliphatic rings. The smallest absolute Gasteiger partial charge is 0.201 e. The van der Waals surface area contributed by atoms with Crippen molar-refractivity contribution >= 4 is 53.9 Å². The normalized spacial score (nSPS) is 12.6. The van der Waals surface area contributed by atoms with Crippen molar-refractivity contribution in [2.75, 3.05) is 6.26 Å². The summed E-state index contributed by atoms with van der Waals surface area (Å²) in [5, 5.41) is 0.445. The van der Waals surface area contributed by atoms with Gasteiger partial charge in [0.25, 0.3) is 0 Å². The Kier molecular flexibility index (Phi) is 5.93. The van der Waals surface area contributed by atoms with E-state index in [0.717, 1.165) is 6.26 Å². The number of hydrogen-bond donors (Lipinski definition) is 0. The molecule has 154 valence electrons. The van der Waals surface area contributed by atoms with Crippen molar-refractivity contribution in [1.82, 2.24) is 9.97 Å². The maximum absolute atomic E-state index is 13.1. The second-order valence-electron chi connectivity index (χ2n) is 7.00. The quantitative estimate of drug-likeness (QED) is 0.544. The van der Waals surface area contributed by atoms with Crippen LogP contribution in [0, 0.1) is 0 Å². The highest BCUT2D eigenvalue weighted by Crippen LogP contribution is 2.30. The Morgan fingerprint density at radius 1 is 0.897 bits per heavy atom. The summed E-state index contributed by atoms with van der Waals surface area (Å²) in [4.78, 5) is 8.92. The largest absolute Gasteiger partial charge is 0.248 e. The van der Waals surface area contributed by atoms with Gasteiger partial charge in [-0.15, -0.1) is 0 Å². The predicted octanol–water partition coefficient (Wildman–Crippen LogP) is 4.44. The summed E-state index contributed by atoms with van der Waals surface area (Å²) in [7, 11) is -7.21. The number of aromatic nitrogens is 2. The van der Waals surface area contributed by atoms with Crippen LogP contribution >= 0.6 is 23.2 Å². The van der Waals surface area contributed by atoms with Crippen LogP contribution in [0.15, 0.2) is 46.3 Å². The fourth-order valence-corrected chi connectivity index (χ4v) is 5.33. The number of fused-ring (bicyclic) bond motifs is 1. The number of hydrogen-bond acceptors (Lipinski definition) is 6. The molecule has 1 heterocycles. The first-order valence-corrected chi connectivity index (χ1v) is 12.9. The molecule has 0 atom stereocenters. The maximum atomic E-state index is 13.1. The summed E-state index contributed by atoms with van der Waals surface area (Å²) < 4.78 is 49.4. The highest BCUT2D eigenvalue weighted by molar-refractivity contribution is 7.91. The van der Waals surface area contributed by atoms with E-state index in [2.05, 4.69) is 9.97 Å². The van der Waals surface area contributed by atoms with E-state index in [4.69, 9.17) is 23.2 Å². The van der Waals surface area contributed by atoms with Crippen molar-refractivity contribution in [3.8, 4) is 0 Å². The molecule has 1 aromatic heterocycles. The molecule has 10 heteroatoms. The Bertz CT molecular complexity index is 1300. The molecule has 3 aromatic rings. The number of sulfone groups is 2. The second kappa shape index (κ2) is 7.83. The third-order valence-corrected chi connectivity index (χ3v) is 7.70. The maximum Gasteiger partial charge on any atom is 0.201 e. The summed E-state index contributed by atoms with van der Waals surface area (Å²) in [6, 6.07) is 8.77. The van der Waals surface area contributed by atoms with E-state index in [9.17, 15) is 16.8 Å². The second-order valence-corrected chi connectivity index (χ2v) is 11.7. The first-order chi connectivity index (χ1) is 13.4. The van der Waals surface area contributed by atoms with Crippen LogP contribution in [-0.4, -0.2) is 33.1 Å². The summed E-state index contributed by atoms with van der Waals surface area (Å²) in [6.07, 6.45) is 1.09. The lowest BCUT2D eigenvalue weighted by molar-refractivity contribution is 0.587. The molecule has 0 aliphatic heterocycles. The van der Waals surface area contributed by atoms with Gasteiger partial charge >= 0.3 is 0 Å². The van der Waals surface area contributed by atoms with Crippen molar-refractivity contribution in [3.63, 3.8) is 0 Å². The van der Waals surface area contributed by atoms with Crippen LogP contribution in [0.5, 0.6) is 0 Å². The van der Waals surface area contributed by atoms with E-state index in [1.165, 1.54) is 30.3 Å². The zero-order valence-electron chi connectivity index (χ0n) is 15.8. The van der Waals surface area contributed by atoms with Crippen LogP contribution in [0.1, 0.15) is 31.0 Å². The minimum atomic E-state index is -3.85. The highest BCUT2D eigenvalue weighted by Gasteiger charge is 2.25. The van der Waals surface area contributed by atoms with Gasteiger partial charge in [0.1, 0.15) is 0 Å². The van der Waals surface area contributed by atoms with Crippen molar-refractivity contribution in [2.45, 2.75) is 35.4 Å². The molecule has 0 spiro atoms. The number of benzene rings is 2. The lowest BCUT2D eigenvalue weighted by Crippen LogP contribution is -2.13. The SMILES string of the molecule is CC(C)c1nc2cc(Cl)c(Cl)cc2nc1S(=O)(=O)Cc1ccc(S(C)(=O)=O)cc1. The van der Waals surface area contributed by atoms with Gasteiger partial charge in [-0.05, 0) is 35.7 Å². The topological polar surface area (TPSA) is 94.1 Å². The van der Waals surface area contributed by atoms with E-state index in [1.54, 1.807) is 6.07 Å². The Hall–Kier alpha value is -1.74. The first-order valence-electron chi connectivity index (χ1n) is 8.57. The van der Waals surface area contributed by atoms with Gasteiger partial charge in [-0.2, -0.15) is 0 Å².